The van der Waals surface area contributed by atoms with Crippen LogP contribution in [0, 0.1) is 5.82 Å². The summed E-state index contributed by atoms with van der Waals surface area (Å²) in [5.41, 5.74) is -0.174. The summed E-state index contributed by atoms with van der Waals surface area (Å²) in [6.07, 6.45) is 0.836. The van der Waals surface area contributed by atoms with Crippen LogP contribution in [0.1, 0.15) is 25.3 Å². The molecule has 0 saturated carbocycles. The minimum atomic E-state index is -0.959. The van der Waals surface area contributed by atoms with E-state index in [4.69, 9.17) is 16.3 Å². The van der Waals surface area contributed by atoms with E-state index >= 15 is 0 Å². The summed E-state index contributed by atoms with van der Waals surface area (Å²) in [5.74, 6) is -0.518. The van der Waals surface area contributed by atoms with Crippen LogP contribution < -0.4 is 10.6 Å². The molecule has 1 amide bonds. The van der Waals surface area contributed by atoms with Gasteiger partial charge >= 0.3 is 6.09 Å². The van der Waals surface area contributed by atoms with E-state index in [2.05, 4.69) is 10.6 Å². The number of hydrogen-bond acceptors (Lipinski definition) is 3. The molecule has 0 bridgehead atoms. The standard InChI is InChI=1S/C13H14ClFN2O2/c1-7-4-5-13(6-16-7)10-9(17-12(18)19-13)3-2-8(14)11(10)15/h2-3,7,16H,4-6H2,1H3,(H,17,18)/t7-,13-/m0/s1. The van der Waals surface area contributed by atoms with Gasteiger partial charge in [0.15, 0.2) is 11.4 Å². The van der Waals surface area contributed by atoms with Gasteiger partial charge in [0.2, 0.25) is 0 Å². The summed E-state index contributed by atoms with van der Waals surface area (Å²) in [4.78, 5) is 11.7. The number of fused-ring (bicyclic) bond motifs is 2. The van der Waals surface area contributed by atoms with Crippen molar-refractivity contribution in [2.45, 2.75) is 31.4 Å². The largest absolute Gasteiger partial charge is 0.436 e. The fraction of sp³-hybridized carbons (Fsp3) is 0.462. The zero-order valence-corrected chi connectivity index (χ0v) is 11.2. The van der Waals surface area contributed by atoms with Gasteiger partial charge in [-0.3, -0.25) is 5.32 Å². The summed E-state index contributed by atoms with van der Waals surface area (Å²) in [7, 11) is 0. The van der Waals surface area contributed by atoms with Crippen LogP contribution in [-0.2, 0) is 10.3 Å². The smallest absolute Gasteiger partial charge is 0.412 e. The first-order valence-corrected chi connectivity index (χ1v) is 6.61. The van der Waals surface area contributed by atoms with E-state index in [1.54, 1.807) is 6.07 Å². The number of benzene rings is 1. The molecule has 0 unspecified atom stereocenters. The predicted octanol–water partition coefficient (Wildman–Crippen LogP) is 3.01. The van der Waals surface area contributed by atoms with Gasteiger partial charge in [-0.05, 0) is 31.9 Å². The first-order valence-electron chi connectivity index (χ1n) is 6.24. The molecule has 19 heavy (non-hydrogen) atoms. The lowest BCUT2D eigenvalue weighted by Crippen LogP contribution is -2.53. The molecule has 0 aliphatic carbocycles. The molecule has 2 aliphatic heterocycles. The van der Waals surface area contributed by atoms with E-state index in [-0.39, 0.29) is 5.02 Å². The van der Waals surface area contributed by atoms with Gasteiger partial charge < -0.3 is 10.1 Å². The molecule has 1 fully saturated rings. The van der Waals surface area contributed by atoms with Crippen LogP contribution in [0.15, 0.2) is 12.1 Å². The number of nitrogens with one attached hydrogen (secondary N) is 2. The molecule has 1 saturated heterocycles. The number of carbonyl (C=O) groups is 1. The molecule has 102 valence electrons. The summed E-state index contributed by atoms with van der Waals surface area (Å²) in [5, 5.41) is 5.80. The fourth-order valence-electron chi connectivity index (χ4n) is 2.74. The number of anilines is 1. The van der Waals surface area contributed by atoms with Gasteiger partial charge in [0.05, 0.1) is 16.3 Å². The van der Waals surface area contributed by atoms with Gasteiger partial charge in [-0.15, -0.1) is 0 Å². The second kappa shape index (κ2) is 4.35. The van der Waals surface area contributed by atoms with Crippen molar-refractivity contribution in [2.75, 3.05) is 11.9 Å². The van der Waals surface area contributed by atoms with E-state index in [0.717, 1.165) is 6.42 Å². The highest BCUT2D eigenvalue weighted by atomic mass is 35.5. The molecular weight excluding hydrogens is 271 g/mol. The van der Waals surface area contributed by atoms with E-state index in [1.165, 1.54) is 6.07 Å². The summed E-state index contributed by atoms with van der Waals surface area (Å²) < 4.78 is 19.8. The number of amides is 1. The first-order chi connectivity index (χ1) is 9.02. The molecule has 2 N–H and O–H groups in total. The normalized spacial score (nSPS) is 29.6. The number of ether oxygens (including phenoxy) is 1. The van der Waals surface area contributed by atoms with Crippen LogP contribution in [-0.4, -0.2) is 18.7 Å². The van der Waals surface area contributed by atoms with Crippen molar-refractivity contribution in [3.05, 3.63) is 28.5 Å². The third kappa shape index (κ3) is 1.97. The summed E-state index contributed by atoms with van der Waals surface area (Å²) in [6, 6.07) is 3.37. The Balaban J connectivity index is 2.13. The molecule has 4 nitrogen and oxygen atoms in total. The number of carbonyl (C=O) groups excluding carboxylic acids is 1. The van der Waals surface area contributed by atoms with Gasteiger partial charge in [-0.1, -0.05) is 11.6 Å². The Labute approximate surface area is 115 Å². The molecule has 1 aromatic carbocycles. The maximum absolute atomic E-state index is 14.3. The third-order valence-electron chi connectivity index (χ3n) is 3.79. The van der Waals surface area contributed by atoms with Crippen LogP contribution in [0.4, 0.5) is 14.9 Å². The summed E-state index contributed by atoms with van der Waals surface area (Å²) >= 11 is 5.85. The Bertz CT molecular complexity index is 542. The monoisotopic (exact) mass is 284 g/mol. The fourth-order valence-corrected chi connectivity index (χ4v) is 2.90. The van der Waals surface area contributed by atoms with Crippen LogP contribution >= 0.6 is 11.6 Å². The lowest BCUT2D eigenvalue weighted by atomic mass is 9.82. The third-order valence-corrected chi connectivity index (χ3v) is 4.08. The highest BCUT2D eigenvalue weighted by molar-refractivity contribution is 6.31. The van der Waals surface area contributed by atoms with Crippen molar-refractivity contribution in [3.8, 4) is 0 Å². The van der Waals surface area contributed by atoms with Gasteiger partial charge in [0, 0.05) is 12.6 Å². The lowest BCUT2D eigenvalue weighted by molar-refractivity contribution is -0.0165. The molecule has 2 heterocycles. The quantitative estimate of drug-likeness (QED) is 0.770. The maximum atomic E-state index is 14.3. The Hall–Kier alpha value is -1.33. The van der Waals surface area contributed by atoms with Gasteiger partial charge in [-0.25, -0.2) is 9.18 Å². The Morgan fingerprint density at radius 3 is 3.00 bits per heavy atom. The first kappa shape index (κ1) is 12.7. The molecule has 1 spiro atoms. The molecule has 0 aromatic heterocycles. The van der Waals surface area contributed by atoms with Crippen LogP contribution in [0.3, 0.4) is 0 Å². The zero-order chi connectivity index (χ0) is 13.6. The SMILES string of the molecule is C[C@H]1CC[C@@]2(CN1)OC(=O)Nc1ccc(Cl)c(F)c12. The van der Waals surface area contributed by atoms with Gasteiger partial charge in [0.25, 0.3) is 0 Å². The number of hydrogen-bond donors (Lipinski definition) is 2. The maximum Gasteiger partial charge on any atom is 0.412 e. The molecule has 0 radical (unpaired) electrons. The van der Waals surface area contributed by atoms with Crippen molar-refractivity contribution in [1.29, 1.82) is 0 Å². The van der Waals surface area contributed by atoms with Crippen molar-refractivity contribution >= 4 is 23.4 Å². The van der Waals surface area contributed by atoms with Gasteiger partial charge in [0.1, 0.15) is 0 Å². The van der Waals surface area contributed by atoms with Crippen molar-refractivity contribution < 1.29 is 13.9 Å². The molecule has 1 aromatic rings. The van der Waals surface area contributed by atoms with Crippen LogP contribution in [0.5, 0.6) is 0 Å². The van der Waals surface area contributed by atoms with Crippen molar-refractivity contribution in [1.82, 2.24) is 5.32 Å². The number of piperidine rings is 1. The van der Waals surface area contributed by atoms with Crippen LogP contribution in [0.25, 0.3) is 0 Å². The highest BCUT2D eigenvalue weighted by Gasteiger charge is 2.46. The molecule has 2 aliphatic rings. The second-order valence-electron chi connectivity index (χ2n) is 5.11. The number of rotatable bonds is 0. The molecule has 6 heteroatoms. The second-order valence-corrected chi connectivity index (χ2v) is 5.52. The topological polar surface area (TPSA) is 50.4 Å². The molecular formula is C13H14ClFN2O2. The Morgan fingerprint density at radius 1 is 1.53 bits per heavy atom. The predicted molar refractivity (Wildman–Crippen MR) is 69.9 cm³/mol. The van der Waals surface area contributed by atoms with Crippen molar-refractivity contribution in [2.24, 2.45) is 0 Å². The van der Waals surface area contributed by atoms with E-state index in [1.807, 2.05) is 6.92 Å². The minimum Gasteiger partial charge on any atom is -0.436 e. The van der Waals surface area contributed by atoms with E-state index in [0.29, 0.717) is 30.3 Å². The lowest BCUT2D eigenvalue weighted by Gasteiger charge is -2.43. The van der Waals surface area contributed by atoms with E-state index in [9.17, 15) is 9.18 Å². The van der Waals surface area contributed by atoms with Crippen LogP contribution in [0.2, 0.25) is 5.02 Å². The number of halogens is 2. The average Bonchev–Trinajstić information content (AvgIpc) is 2.37. The summed E-state index contributed by atoms with van der Waals surface area (Å²) in [6.45, 7) is 2.44. The Kier molecular flexibility index (Phi) is 2.91. The molecule has 3 rings (SSSR count). The minimum absolute atomic E-state index is 0.0384. The highest BCUT2D eigenvalue weighted by Crippen LogP contribution is 2.44. The van der Waals surface area contributed by atoms with Crippen molar-refractivity contribution in [3.63, 3.8) is 0 Å². The van der Waals surface area contributed by atoms with E-state index < -0.39 is 17.5 Å². The van der Waals surface area contributed by atoms with Gasteiger partial charge in [-0.2, -0.15) is 0 Å². The molecule has 2 atom stereocenters. The zero-order valence-electron chi connectivity index (χ0n) is 10.4. The average molecular weight is 285 g/mol. The Morgan fingerprint density at radius 2 is 2.32 bits per heavy atom.